The summed E-state index contributed by atoms with van der Waals surface area (Å²) in [7, 11) is 0. The van der Waals surface area contributed by atoms with Crippen LogP contribution in [0.5, 0.6) is 0 Å². The first kappa shape index (κ1) is 12.9. The minimum absolute atomic E-state index is 0.0636. The van der Waals surface area contributed by atoms with E-state index in [-0.39, 0.29) is 22.8 Å². The maximum absolute atomic E-state index is 12.1. The van der Waals surface area contributed by atoms with Crippen LogP contribution in [0.1, 0.15) is 36.0 Å². The van der Waals surface area contributed by atoms with Crippen molar-refractivity contribution in [3.8, 4) is 0 Å². The molecule has 6 heteroatoms. The Kier molecular flexibility index (Phi) is 2.88. The van der Waals surface area contributed by atoms with Crippen molar-refractivity contribution in [2.45, 2.75) is 25.7 Å². The summed E-state index contributed by atoms with van der Waals surface area (Å²) in [6, 6.07) is 4.31. The second-order valence-electron chi connectivity index (χ2n) is 5.81. The van der Waals surface area contributed by atoms with Crippen LogP contribution in [-0.4, -0.2) is 17.4 Å². The lowest BCUT2D eigenvalue weighted by atomic mass is 10.0. The van der Waals surface area contributed by atoms with E-state index in [4.69, 9.17) is 5.73 Å². The van der Waals surface area contributed by atoms with Gasteiger partial charge in [-0.25, -0.2) is 0 Å². The van der Waals surface area contributed by atoms with E-state index in [2.05, 4.69) is 5.32 Å². The molecule has 0 atom stereocenters. The average molecular weight is 275 g/mol. The molecule has 2 aliphatic rings. The van der Waals surface area contributed by atoms with Gasteiger partial charge in [-0.15, -0.1) is 0 Å². The number of hydrogen-bond donors (Lipinski definition) is 2. The minimum Gasteiger partial charge on any atom is -0.393 e. The number of nitrogens with two attached hydrogens (primary N) is 1. The number of hydrogen-bond acceptors (Lipinski definition) is 4. The second-order valence-corrected chi connectivity index (χ2v) is 5.81. The van der Waals surface area contributed by atoms with Crippen LogP contribution in [0.3, 0.4) is 0 Å². The fraction of sp³-hybridized carbons (Fsp3) is 0.500. The number of para-hydroxylation sites is 1. The fourth-order valence-electron chi connectivity index (χ4n) is 2.85. The van der Waals surface area contributed by atoms with Gasteiger partial charge in [0.2, 0.25) is 0 Å². The zero-order valence-corrected chi connectivity index (χ0v) is 11.1. The van der Waals surface area contributed by atoms with Crippen molar-refractivity contribution < 1.29 is 9.72 Å². The number of nitro benzene ring substituents is 1. The molecule has 0 aliphatic heterocycles. The lowest BCUT2D eigenvalue weighted by molar-refractivity contribution is -0.383. The van der Waals surface area contributed by atoms with E-state index in [1.165, 1.54) is 43.9 Å². The summed E-state index contributed by atoms with van der Waals surface area (Å²) in [6.07, 6.45) is 4.86. The monoisotopic (exact) mass is 275 g/mol. The van der Waals surface area contributed by atoms with E-state index < -0.39 is 4.92 Å². The van der Waals surface area contributed by atoms with Gasteiger partial charge in [-0.05, 0) is 43.1 Å². The number of carbonyl (C=O) groups is 1. The summed E-state index contributed by atoms with van der Waals surface area (Å²) in [6.45, 7) is 0.651. The van der Waals surface area contributed by atoms with E-state index in [0.717, 1.165) is 5.92 Å². The van der Waals surface area contributed by atoms with Gasteiger partial charge >= 0.3 is 0 Å². The first-order valence-corrected chi connectivity index (χ1v) is 6.84. The lowest BCUT2D eigenvalue weighted by Gasteiger charge is -2.15. The highest BCUT2D eigenvalue weighted by molar-refractivity contribution is 6.01. The number of rotatable bonds is 5. The number of benzene rings is 1. The predicted molar refractivity (Wildman–Crippen MR) is 74.2 cm³/mol. The molecule has 2 fully saturated rings. The van der Waals surface area contributed by atoms with Crippen LogP contribution in [0.25, 0.3) is 0 Å². The molecule has 1 aromatic carbocycles. The summed E-state index contributed by atoms with van der Waals surface area (Å²) in [4.78, 5) is 22.4. The van der Waals surface area contributed by atoms with Gasteiger partial charge in [0.1, 0.15) is 5.69 Å². The lowest BCUT2D eigenvalue weighted by Crippen LogP contribution is -2.31. The molecule has 3 rings (SSSR count). The molecule has 3 N–H and O–H groups in total. The first-order valence-electron chi connectivity index (χ1n) is 6.84. The van der Waals surface area contributed by atoms with Crippen molar-refractivity contribution in [2.75, 3.05) is 12.3 Å². The van der Waals surface area contributed by atoms with Gasteiger partial charge in [0.05, 0.1) is 10.5 Å². The maximum Gasteiger partial charge on any atom is 0.292 e. The molecule has 0 aromatic heterocycles. The van der Waals surface area contributed by atoms with E-state index in [9.17, 15) is 14.9 Å². The molecule has 106 valence electrons. The fourth-order valence-corrected chi connectivity index (χ4v) is 2.85. The first-order chi connectivity index (χ1) is 9.53. The quantitative estimate of drug-likeness (QED) is 0.488. The van der Waals surface area contributed by atoms with E-state index in [1.54, 1.807) is 0 Å². The average Bonchev–Trinajstić information content (AvgIpc) is 3.27. The number of amides is 1. The van der Waals surface area contributed by atoms with Gasteiger partial charge in [-0.3, -0.25) is 14.9 Å². The summed E-state index contributed by atoms with van der Waals surface area (Å²) in [5, 5.41) is 13.7. The molecule has 0 saturated heterocycles. The van der Waals surface area contributed by atoms with E-state index in [1.807, 2.05) is 0 Å². The van der Waals surface area contributed by atoms with Crippen molar-refractivity contribution in [3.05, 3.63) is 33.9 Å². The molecule has 1 amide bonds. The number of nitro groups is 1. The standard InChI is InChI=1S/C14H17N3O3/c15-12-10(2-1-3-11(12)17(19)20)13(18)16-8-14(6-7-14)9-4-5-9/h1-3,9H,4-8,15H2,(H,16,18). The van der Waals surface area contributed by atoms with Crippen molar-refractivity contribution in [1.29, 1.82) is 0 Å². The molecule has 1 aromatic rings. The highest BCUT2D eigenvalue weighted by Gasteiger charge is 2.53. The largest absolute Gasteiger partial charge is 0.393 e. The third-order valence-corrected chi connectivity index (χ3v) is 4.46. The number of nitrogens with zero attached hydrogens (tertiary/aromatic N) is 1. The smallest absolute Gasteiger partial charge is 0.292 e. The Morgan fingerprint density at radius 3 is 2.70 bits per heavy atom. The third-order valence-electron chi connectivity index (χ3n) is 4.46. The Morgan fingerprint density at radius 2 is 2.15 bits per heavy atom. The normalized spacial score (nSPS) is 19.4. The number of carbonyl (C=O) groups excluding carboxylic acids is 1. The summed E-state index contributed by atoms with van der Waals surface area (Å²) < 4.78 is 0. The van der Waals surface area contributed by atoms with Gasteiger partial charge in [-0.1, -0.05) is 6.07 Å². The van der Waals surface area contributed by atoms with Crippen molar-refractivity contribution in [1.82, 2.24) is 5.32 Å². The topological polar surface area (TPSA) is 98.3 Å². The van der Waals surface area contributed by atoms with Gasteiger partial charge in [0, 0.05) is 12.6 Å². The highest BCUT2D eigenvalue weighted by atomic mass is 16.6. The van der Waals surface area contributed by atoms with Gasteiger partial charge in [0.15, 0.2) is 0 Å². The van der Waals surface area contributed by atoms with Crippen molar-refractivity contribution in [2.24, 2.45) is 11.3 Å². The van der Waals surface area contributed by atoms with Crippen LogP contribution in [0.4, 0.5) is 11.4 Å². The number of nitrogens with one attached hydrogen (secondary N) is 1. The highest BCUT2D eigenvalue weighted by Crippen LogP contribution is 2.60. The van der Waals surface area contributed by atoms with E-state index >= 15 is 0 Å². The predicted octanol–water partition coefficient (Wildman–Crippen LogP) is 2.10. The molecular formula is C14H17N3O3. The second kappa shape index (κ2) is 4.47. The van der Waals surface area contributed by atoms with Crippen LogP contribution in [0.15, 0.2) is 18.2 Å². The molecule has 2 aliphatic carbocycles. The molecule has 0 radical (unpaired) electrons. The Labute approximate surface area is 116 Å². The zero-order chi connectivity index (χ0) is 14.3. The Morgan fingerprint density at radius 1 is 1.45 bits per heavy atom. The molecule has 0 bridgehead atoms. The summed E-state index contributed by atoms with van der Waals surface area (Å²) in [5.74, 6) is 0.434. The minimum atomic E-state index is -0.571. The van der Waals surface area contributed by atoms with E-state index in [0.29, 0.717) is 12.0 Å². The number of anilines is 1. The molecule has 0 unspecified atom stereocenters. The van der Waals surface area contributed by atoms with Crippen LogP contribution >= 0.6 is 0 Å². The molecule has 2 saturated carbocycles. The number of nitrogen functional groups attached to an aromatic ring is 1. The molecular weight excluding hydrogens is 258 g/mol. The molecule has 6 nitrogen and oxygen atoms in total. The third kappa shape index (κ3) is 2.21. The Balaban J connectivity index is 1.71. The van der Waals surface area contributed by atoms with Crippen LogP contribution < -0.4 is 11.1 Å². The SMILES string of the molecule is Nc1c(C(=O)NCC2(C3CC3)CC2)cccc1[N+](=O)[O-]. The van der Waals surface area contributed by atoms with Crippen LogP contribution in [0.2, 0.25) is 0 Å². The molecule has 0 heterocycles. The van der Waals surface area contributed by atoms with Crippen LogP contribution in [0, 0.1) is 21.4 Å². The Hall–Kier alpha value is -2.11. The Bertz CT molecular complexity index is 577. The summed E-state index contributed by atoms with van der Waals surface area (Å²) >= 11 is 0. The van der Waals surface area contributed by atoms with Gasteiger partial charge in [0.25, 0.3) is 11.6 Å². The van der Waals surface area contributed by atoms with Crippen molar-refractivity contribution in [3.63, 3.8) is 0 Å². The zero-order valence-electron chi connectivity index (χ0n) is 11.1. The van der Waals surface area contributed by atoms with Crippen molar-refractivity contribution >= 4 is 17.3 Å². The molecule has 20 heavy (non-hydrogen) atoms. The maximum atomic E-state index is 12.1. The molecule has 0 spiro atoms. The van der Waals surface area contributed by atoms with Gasteiger partial charge in [-0.2, -0.15) is 0 Å². The summed E-state index contributed by atoms with van der Waals surface area (Å²) in [5.41, 5.74) is 5.91. The van der Waals surface area contributed by atoms with Gasteiger partial charge < -0.3 is 11.1 Å². The van der Waals surface area contributed by atoms with Crippen LogP contribution in [-0.2, 0) is 0 Å².